The molecule has 4 fully saturated rings. The topological polar surface area (TPSA) is 53.1 Å². The second-order valence-electron chi connectivity index (χ2n) is 7.59. The van der Waals surface area contributed by atoms with Crippen LogP contribution < -0.4 is 4.74 Å². The van der Waals surface area contributed by atoms with Crippen LogP contribution in [-0.2, 0) is 10.2 Å². The summed E-state index contributed by atoms with van der Waals surface area (Å²) in [7, 11) is 1.52. The summed E-state index contributed by atoms with van der Waals surface area (Å²) in [5, 5.41) is 0. The minimum absolute atomic E-state index is 0.0991. The van der Waals surface area contributed by atoms with Crippen LogP contribution in [0.25, 0.3) is 0 Å². The van der Waals surface area contributed by atoms with E-state index in [1.165, 1.54) is 9.87 Å². The van der Waals surface area contributed by atoms with Crippen molar-refractivity contribution in [1.29, 1.82) is 0 Å². The number of nitrogens with zero attached hydrogens (tertiary/aromatic N) is 3. The minimum atomic E-state index is -3.41. The number of fused-ring (bicyclic) bond motifs is 2. The third-order valence-electron chi connectivity index (χ3n) is 6.25. The van der Waals surface area contributed by atoms with E-state index in [0.29, 0.717) is 12.5 Å². The van der Waals surface area contributed by atoms with Gasteiger partial charge in [0.05, 0.1) is 7.11 Å². The number of ether oxygens (including phenoxy) is 1. The molecular weight excluding hydrogens is 338 g/mol. The highest BCUT2D eigenvalue weighted by molar-refractivity contribution is 7.86. The molecule has 0 aliphatic carbocycles. The van der Waals surface area contributed by atoms with E-state index in [-0.39, 0.29) is 18.0 Å². The molecule has 0 saturated carbocycles. The van der Waals surface area contributed by atoms with Crippen LogP contribution in [0.2, 0.25) is 0 Å². The zero-order valence-electron chi connectivity index (χ0n) is 15.1. The van der Waals surface area contributed by atoms with E-state index < -0.39 is 10.2 Å². The summed E-state index contributed by atoms with van der Waals surface area (Å²) in [5.74, 6) is 1.53. The van der Waals surface area contributed by atoms with Crippen LogP contribution in [0.3, 0.4) is 0 Å². The van der Waals surface area contributed by atoms with E-state index in [2.05, 4.69) is 17.0 Å². The molecule has 0 spiro atoms. The summed E-state index contributed by atoms with van der Waals surface area (Å²) in [5.41, 5.74) is 1.21. The van der Waals surface area contributed by atoms with Crippen molar-refractivity contribution in [2.75, 3.05) is 40.8 Å². The van der Waals surface area contributed by atoms with Gasteiger partial charge in [0, 0.05) is 38.6 Å². The number of piperidine rings is 3. The van der Waals surface area contributed by atoms with Crippen LogP contribution in [-0.4, -0.2) is 74.9 Å². The van der Waals surface area contributed by atoms with E-state index in [9.17, 15) is 8.42 Å². The summed E-state index contributed by atoms with van der Waals surface area (Å²) < 4.78 is 34.3. The Kier molecular flexibility index (Phi) is 4.30. The predicted octanol–water partition coefficient (Wildman–Crippen LogP) is 1.36. The normalized spacial score (nSPS) is 35.1. The molecule has 0 N–H and O–H groups in total. The Balaban J connectivity index is 1.73. The van der Waals surface area contributed by atoms with Gasteiger partial charge in [-0.3, -0.25) is 4.90 Å². The van der Waals surface area contributed by atoms with Gasteiger partial charge in [-0.15, -0.1) is 0 Å². The van der Waals surface area contributed by atoms with Crippen molar-refractivity contribution < 1.29 is 13.2 Å². The van der Waals surface area contributed by atoms with Crippen LogP contribution in [0.15, 0.2) is 24.3 Å². The summed E-state index contributed by atoms with van der Waals surface area (Å²) >= 11 is 0. The molecule has 3 atom stereocenters. The summed E-state index contributed by atoms with van der Waals surface area (Å²) in [4.78, 5) is 2.52. The molecule has 6 nitrogen and oxygen atoms in total. The Morgan fingerprint density at radius 3 is 2.28 bits per heavy atom. The maximum absolute atomic E-state index is 13.0. The van der Waals surface area contributed by atoms with Crippen LogP contribution in [0.5, 0.6) is 5.75 Å². The number of benzene rings is 1. The van der Waals surface area contributed by atoms with Gasteiger partial charge in [0.25, 0.3) is 10.2 Å². The molecule has 2 bridgehead atoms. The summed E-state index contributed by atoms with van der Waals surface area (Å²) in [6.45, 7) is 2.75. The van der Waals surface area contributed by atoms with Gasteiger partial charge in [-0.25, -0.2) is 0 Å². The second kappa shape index (κ2) is 6.23. The van der Waals surface area contributed by atoms with Gasteiger partial charge in [0.1, 0.15) is 5.75 Å². The number of hydrogen-bond acceptors (Lipinski definition) is 4. The third kappa shape index (κ3) is 2.68. The quantitative estimate of drug-likeness (QED) is 0.809. The Bertz CT molecular complexity index is 726. The first-order chi connectivity index (χ1) is 11.9. The largest absolute Gasteiger partial charge is 0.497 e. The standard InChI is InChI=1S/C18H27N3O3S/c1-19(2)25(22,23)21-12-16(13-4-6-15(24-3)7-5-13)18-17(21)14-8-10-20(18)11-9-14/h4-7,14,16-18H,8-12H2,1-3H3/t16-,17+,18+/m1/s1. The van der Waals surface area contributed by atoms with Crippen LogP contribution >= 0.6 is 0 Å². The fourth-order valence-corrected chi connectivity index (χ4v) is 6.36. The summed E-state index contributed by atoms with van der Waals surface area (Å²) in [6.07, 6.45) is 2.21. The van der Waals surface area contributed by atoms with Gasteiger partial charge in [0.15, 0.2) is 0 Å². The second-order valence-corrected chi connectivity index (χ2v) is 9.69. The fourth-order valence-electron chi connectivity index (χ4n) is 4.99. The number of hydrogen-bond donors (Lipinski definition) is 0. The van der Waals surface area contributed by atoms with Crippen LogP contribution in [0, 0.1) is 5.92 Å². The molecule has 0 aromatic heterocycles. The molecule has 7 heteroatoms. The van der Waals surface area contributed by atoms with Gasteiger partial charge in [0.2, 0.25) is 0 Å². The fraction of sp³-hybridized carbons (Fsp3) is 0.667. The van der Waals surface area contributed by atoms with Gasteiger partial charge in [-0.05, 0) is 49.5 Å². The van der Waals surface area contributed by atoms with E-state index in [0.717, 1.165) is 31.7 Å². The SMILES string of the molecule is COc1ccc([C@H]2CN(S(=O)(=O)N(C)C)[C@H]3C4CCN(CC4)[C@@H]23)cc1. The van der Waals surface area contributed by atoms with Crippen molar-refractivity contribution in [2.45, 2.75) is 30.8 Å². The molecule has 4 aliphatic rings. The Hall–Kier alpha value is -1.15. The molecule has 4 aliphatic heterocycles. The van der Waals surface area contributed by atoms with Crippen molar-refractivity contribution in [1.82, 2.24) is 13.5 Å². The van der Waals surface area contributed by atoms with E-state index in [4.69, 9.17) is 4.74 Å². The van der Waals surface area contributed by atoms with Gasteiger partial charge in [-0.1, -0.05) is 12.1 Å². The highest BCUT2D eigenvalue weighted by atomic mass is 32.2. The van der Waals surface area contributed by atoms with Crippen molar-refractivity contribution in [2.24, 2.45) is 5.92 Å². The highest BCUT2D eigenvalue weighted by Gasteiger charge is 2.56. The van der Waals surface area contributed by atoms with E-state index >= 15 is 0 Å². The van der Waals surface area contributed by atoms with Crippen molar-refractivity contribution in [3.05, 3.63) is 29.8 Å². The third-order valence-corrected chi connectivity index (χ3v) is 8.16. The van der Waals surface area contributed by atoms with Gasteiger partial charge >= 0.3 is 0 Å². The molecule has 1 aromatic carbocycles. The summed E-state index contributed by atoms with van der Waals surface area (Å²) in [6, 6.07) is 8.52. The van der Waals surface area contributed by atoms with Crippen LogP contribution in [0.1, 0.15) is 24.3 Å². The minimum Gasteiger partial charge on any atom is -0.497 e. The Labute approximate surface area is 150 Å². The zero-order valence-corrected chi connectivity index (χ0v) is 15.9. The van der Waals surface area contributed by atoms with Crippen LogP contribution in [0.4, 0.5) is 0 Å². The molecule has 25 heavy (non-hydrogen) atoms. The maximum Gasteiger partial charge on any atom is 0.281 e. The van der Waals surface area contributed by atoms with Crippen molar-refractivity contribution in [3.63, 3.8) is 0 Å². The predicted molar refractivity (Wildman–Crippen MR) is 96.9 cm³/mol. The zero-order chi connectivity index (χ0) is 17.8. The monoisotopic (exact) mass is 365 g/mol. The van der Waals surface area contributed by atoms with E-state index in [1.54, 1.807) is 25.5 Å². The lowest BCUT2D eigenvalue weighted by molar-refractivity contribution is 0.0114. The number of rotatable bonds is 4. The van der Waals surface area contributed by atoms with Gasteiger partial charge < -0.3 is 4.74 Å². The molecule has 138 valence electrons. The lowest BCUT2D eigenvalue weighted by Gasteiger charge is -2.51. The average Bonchev–Trinajstić information content (AvgIpc) is 3.06. The number of methoxy groups -OCH3 is 1. The lowest BCUT2D eigenvalue weighted by atomic mass is 9.75. The molecule has 4 saturated heterocycles. The Morgan fingerprint density at radius 1 is 1.08 bits per heavy atom. The van der Waals surface area contributed by atoms with Crippen molar-refractivity contribution in [3.8, 4) is 5.75 Å². The average molecular weight is 365 g/mol. The molecular formula is C18H27N3O3S. The van der Waals surface area contributed by atoms with E-state index in [1.807, 2.05) is 12.1 Å². The first-order valence-corrected chi connectivity index (χ1v) is 10.4. The molecule has 0 radical (unpaired) electrons. The molecule has 0 unspecified atom stereocenters. The molecule has 1 aromatic rings. The molecule has 4 heterocycles. The Morgan fingerprint density at radius 2 is 1.72 bits per heavy atom. The first-order valence-electron chi connectivity index (χ1n) is 9.01. The maximum atomic E-state index is 13.0. The smallest absolute Gasteiger partial charge is 0.281 e. The first kappa shape index (κ1) is 17.3. The van der Waals surface area contributed by atoms with Crippen molar-refractivity contribution >= 4 is 10.2 Å². The molecule has 5 rings (SSSR count). The lowest BCUT2D eigenvalue weighted by Crippen LogP contribution is -2.61. The molecule has 0 amide bonds. The van der Waals surface area contributed by atoms with Gasteiger partial charge in [-0.2, -0.15) is 17.0 Å². The highest BCUT2D eigenvalue weighted by Crippen LogP contribution is 2.47.